The molecule has 7 heteroatoms. The lowest BCUT2D eigenvalue weighted by atomic mass is 10.1. The zero-order valence-corrected chi connectivity index (χ0v) is 12.5. The largest absolute Gasteiger partial charge is 0.480 e. The highest BCUT2D eigenvalue weighted by molar-refractivity contribution is 9.10. The normalized spacial score (nSPS) is 16.1. The lowest BCUT2D eigenvalue weighted by molar-refractivity contribution is -0.138. The molecule has 1 saturated heterocycles. The third-order valence-electron chi connectivity index (χ3n) is 3.19. The third-order valence-corrected chi connectivity index (χ3v) is 3.64. The molecular weight excluding hydrogens is 326 g/mol. The van der Waals surface area contributed by atoms with Crippen LogP contribution in [0.4, 0.5) is 5.69 Å². The van der Waals surface area contributed by atoms with E-state index < -0.39 is 5.97 Å². The summed E-state index contributed by atoms with van der Waals surface area (Å²) in [5, 5.41) is 8.74. The molecule has 108 valence electrons. The molecule has 2 rings (SSSR count). The van der Waals surface area contributed by atoms with Gasteiger partial charge in [0.1, 0.15) is 0 Å². The van der Waals surface area contributed by atoms with E-state index in [1.807, 2.05) is 4.90 Å². The van der Waals surface area contributed by atoms with Crippen LogP contribution in [-0.2, 0) is 4.79 Å². The number of aliphatic carboxylic acids is 1. The van der Waals surface area contributed by atoms with Gasteiger partial charge in [0.25, 0.3) is 5.91 Å². The van der Waals surface area contributed by atoms with Crippen molar-refractivity contribution in [3.05, 3.63) is 28.2 Å². The highest BCUT2D eigenvalue weighted by atomic mass is 79.9. The van der Waals surface area contributed by atoms with Gasteiger partial charge in [-0.2, -0.15) is 0 Å². The summed E-state index contributed by atoms with van der Waals surface area (Å²) in [5.74, 6) is -0.919. The van der Waals surface area contributed by atoms with Crippen LogP contribution in [0.25, 0.3) is 0 Å². The van der Waals surface area contributed by atoms with E-state index in [9.17, 15) is 9.59 Å². The molecule has 0 spiro atoms. The van der Waals surface area contributed by atoms with E-state index in [1.54, 1.807) is 23.1 Å². The minimum Gasteiger partial charge on any atom is -0.480 e. The van der Waals surface area contributed by atoms with Gasteiger partial charge in [-0.05, 0) is 18.2 Å². The minimum absolute atomic E-state index is 0.0197. The maximum Gasteiger partial charge on any atom is 0.317 e. The maximum absolute atomic E-state index is 12.3. The fourth-order valence-corrected chi connectivity index (χ4v) is 2.73. The Hall–Kier alpha value is -1.60. The van der Waals surface area contributed by atoms with E-state index in [1.165, 1.54) is 0 Å². The lowest BCUT2D eigenvalue weighted by Gasteiger charge is -2.33. The van der Waals surface area contributed by atoms with Gasteiger partial charge in [-0.3, -0.25) is 14.5 Å². The molecule has 1 aliphatic rings. The number of rotatable bonds is 3. The van der Waals surface area contributed by atoms with Crippen molar-refractivity contribution in [3.8, 4) is 0 Å². The summed E-state index contributed by atoms with van der Waals surface area (Å²) in [7, 11) is 0. The number of hydrogen-bond donors (Lipinski definition) is 2. The summed E-state index contributed by atoms with van der Waals surface area (Å²) in [6.45, 7) is 2.21. The van der Waals surface area contributed by atoms with Crippen molar-refractivity contribution in [1.82, 2.24) is 9.80 Å². The number of anilines is 1. The van der Waals surface area contributed by atoms with Gasteiger partial charge in [0.05, 0.1) is 6.54 Å². The molecule has 3 N–H and O–H groups in total. The number of nitrogen functional groups attached to an aromatic ring is 1. The number of piperazine rings is 1. The summed E-state index contributed by atoms with van der Waals surface area (Å²) in [6, 6.07) is 5.13. The Balaban J connectivity index is 1.99. The van der Waals surface area contributed by atoms with Gasteiger partial charge in [0.2, 0.25) is 0 Å². The molecule has 0 atom stereocenters. The van der Waals surface area contributed by atoms with Crippen LogP contribution in [-0.4, -0.2) is 59.5 Å². The number of amides is 1. The molecule has 0 saturated carbocycles. The zero-order chi connectivity index (χ0) is 14.7. The number of carboxylic acids is 1. The van der Waals surface area contributed by atoms with Gasteiger partial charge in [0.15, 0.2) is 0 Å². The van der Waals surface area contributed by atoms with E-state index in [-0.39, 0.29) is 12.5 Å². The van der Waals surface area contributed by atoms with Crippen molar-refractivity contribution in [2.24, 2.45) is 0 Å². The minimum atomic E-state index is -0.843. The number of carboxylic acid groups (broad SMARTS) is 1. The summed E-state index contributed by atoms with van der Waals surface area (Å²) < 4.78 is 0.769. The number of carbonyl (C=O) groups excluding carboxylic acids is 1. The molecule has 0 bridgehead atoms. The topological polar surface area (TPSA) is 86.9 Å². The molecule has 0 unspecified atom stereocenters. The lowest BCUT2D eigenvalue weighted by Crippen LogP contribution is -2.49. The molecule has 1 aliphatic heterocycles. The van der Waals surface area contributed by atoms with E-state index in [2.05, 4.69) is 15.9 Å². The van der Waals surface area contributed by atoms with Gasteiger partial charge in [-0.25, -0.2) is 0 Å². The average molecular weight is 342 g/mol. The molecular formula is C13H16BrN3O3. The number of hydrogen-bond acceptors (Lipinski definition) is 4. The number of carbonyl (C=O) groups is 2. The molecule has 1 aromatic carbocycles. The fourth-order valence-electron chi connectivity index (χ4n) is 2.22. The van der Waals surface area contributed by atoms with Crippen LogP contribution < -0.4 is 5.73 Å². The highest BCUT2D eigenvalue weighted by Gasteiger charge is 2.23. The van der Waals surface area contributed by atoms with E-state index in [0.29, 0.717) is 37.4 Å². The van der Waals surface area contributed by atoms with Crippen LogP contribution >= 0.6 is 15.9 Å². The van der Waals surface area contributed by atoms with Crippen LogP contribution in [0.5, 0.6) is 0 Å². The molecule has 1 aromatic rings. The summed E-state index contributed by atoms with van der Waals surface area (Å²) >= 11 is 3.32. The van der Waals surface area contributed by atoms with Crippen molar-refractivity contribution in [1.29, 1.82) is 0 Å². The van der Waals surface area contributed by atoms with E-state index >= 15 is 0 Å². The Bertz CT molecular complexity index is 507. The molecule has 20 heavy (non-hydrogen) atoms. The Kier molecular flexibility index (Phi) is 4.61. The maximum atomic E-state index is 12.3. The predicted molar refractivity (Wildman–Crippen MR) is 78.5 cm³/mol. The Labute approximate surface area is 125 Å². The number of halogens is 1. The molecule has 1 fully saturated rings. The second kappa shape index (κ2) is 6.23. The molecule has 1 amide bonds. The van der Waals surface area contributed by atoms with E-state index in [0.717, 1.165) is 4.47 Å². The van der Waals surface area contributed by atoms with Crippen molar-refractivity contribution in [2.75, 3.05) is 38.5 Å². The van der Waals surface area contributed by atoms with Crippen LogP contribution in [0.15, 0.2) is 22.7 Å². The summed E-state index contributed by atoms with van der Waals surface area (Å²) in [5.41, 5.74) is 6.81. The van der Waals surface area contributed by atoms with Crippen molar-refractivity contribution in [3.63, 3.8) is 0 Å². The van der Waals surface area contributed by atoms with Gasteiger partial charge in [-0.15, -0.1) is 0 Å². The zero-order valence-electron chi connectivity index (χ0n) is 10.9. The van der Waals surface area contributed by atoms with Crippen LogP contribution in [0.2, 0.25) is 0 Å². The smallest absolute Gasteiger partial charge is 0.317 e. The number of benzene rings is 1. The van der Waals surface area contributed by atoms with Crippen molar-refractivity contribution in [2.45, 2.75) is 0 Å². The molecule has 0 aromatic heterocycles. The first-order valence-electron chi connectivity index (χ1n) is 6.25. The average Bonchev–Trinajstić information content (AvgIpc) is 2.37. The predicted octanol–water partition coefficient (Wildman–Crippen LogP) is 0.874. The Morgan fingerprint density at radius 1 is 1.20 bits per heavy atom. The van der Waals surface area contributed by atoms with Crippen LogP contribution in [0, 0.1) is 0 Å². The summed E-state index contributed by atoms with van der Waals surface area (Å²) in [4.78, 5) is 26.5. The quantitative estimate of drug-likeness (QED) is 0.796. The first kappa shape index (κ1) is 14.8. The Morgan fingerprint density at radius 3 is 2.40 bits per heavy atom. The first-order valence-corrected chi connectivity index (χ1v) is 7.04. The van der Waals surface area contributed by atoms with Gasteiger partial charge < -0.3 is 15.7 Å². The first-order chi connectivity index (χ1) is 9.45. The standard InChI is InChI=1S/C13H16BrN3O3/c14-10-5-9(6-11(15)7-10)13(20)17-3-1-16(2-4-17)8-12(18)19/h5-7H,1-4,8,15H2,(H,18,19). The van der Waals surface area contributed by atoms with Gasteiger partial charge in [0, 0.05) is 41.9 Å². The molecule has 0 aliphatic carbocycles. The van der Waals surface area contributed by atoms with E-state index in [4.69, 9.17) is 10.8 Å². The number of nitrogens with zero attached hydrogens (tertiary/aromatic N) is 2. The Morgan fingerprint density at radius 2 is 1.85 bits per heavy atom. The van der Waals surface area contributed by atoms with Crippen molar-refractivity contribution < 1.29 is 14.7 Å². The summed E-state index contributed by atoms with van der Waals surface area (Å²) in [6.07, 6.45) is 0. The second-order valence-corrected chi connectivity index (χ2v) is 5.65. The van der Waals surface area contributed by atoms with Gasteiger partial charge >= 0.3 is 5.97 Å². The second-order valence-electron chi connectivity index (χ2n) is 4.74. The molecule has 1 heterocycles. The van der Waals surface area contributed by atoms with Crippen LogP contribution in [0.1, 0.15) is 10.4 Å². The number of nitrogens with two attached hydrogens (primary N) is 1. The van der Waals surface area contributed by atoms with Crippen molar-refractivity contribution >= 4 is 33.5 Å². The highest BCUT2D eigenvalue weighted by Crippen LogP contribution is 2.19. The SMILES string of the molecule is Nc1cc(Br)cc(C(=O)N2CCN(CC(=O)O)CC2)c1. The fraction of sp³-hybridized carbons (Fsp3) is 0.385. The monoisotopic (exact) mass is 341 g/mol. The molecule has 0 radical (unpaired) electrons. The third kappa shape index (κ3) is 3.71. The van der Waals surface area contributed by atoms with Crippen LogP contribution in [0.3, 0.4) is 0 Å². The molecule has 6 nitrogen and oxygen atoms in total. The van der Waals surface area contributed by atoms with Gasteiger partial charge in [-0.1, -0.05) is 15.9 Å².